The molecule has 0 aliphatic carbocycles. The maximum Gasteiger partial charge on any atom is 0.333 e. The van der Waals surface area contributed by atoms with Gasteiger partial charge in [-0.1, -0.05) is 83.1 Å². The van der Waals surface area contributed by atoms with Crippen LogP contribution >= 0.6 is 7.82 Å². The number of fused-ring (bicyclic) bond motifs is 2. The van der Waals surface area contributed by atoms with E-state index in [2.05, 4.69) is 4.52 Å². The van der Waals surface area contributed by atoms with Crippen molar-refractivity contribution in [2.75, 3.05) is 60.7 Å². The van der Waals surface area contributed by atoms with E-state index in [1.54, 1.807) is 6.08 Å². The third-order valence-corrected chi connectivity index (χ3v) is 11.9. The number of carbonyl (C=O) groups excluding carboxylic acids is 1. The van der Waals surface area contributed by atoms with Crippen LogP contribution in [-0.2, 0) is 47.7 Å². The number of aliphatic hydroxyl groups excluding tert-OH is 2. The van der Waals surface area contributed by atoms with E-state index < -0.39 is 61.0 Å². The molecule has 7 atom stereocenters. The predicted molar refractivity (Wildman–Crippen MR) is 215 cm³/mol. The summed E-state index contributed by atoms with van der Waals surface area (Å²) in [5.41, 5.74) is 0. The molecule has 0 spiro atoms. The zero-order chi connectivity index (χ0) is 43.1. The zero-order valence-corrected chi connectivity index (χ0v) is 37.1. The van der Waals surface area contributed by atoms with Crippen molar-refractivity contribution >= 4 is 24.1 Å². The fraction of sp³-hybridized carbons (Fsp3) is 0.923. The van der Waals surface area contributed by atoms with Crippen molar-refractivity contribution in [3.8, 4) is 0 Å². The number of aliphatic hydroxyl groups is 3. The van der Waals surface area contributed by atoms with Gasteiger partial charge in [0.15, 0.2) is 5.79 Å². The van der Waals surface area contributed by atoms with Crippen molar-refractivity contribution in [2.45, 2.75) is 171 Å². The number of hydrogen-bond donors (Lipinski definition) is 5. The van der Waals surface area contributed by atoms with E-state index in [1.165, 1.54) is 51.0 Å². The summed E-state index contributed by atoms with van der Waals surface area (Å²) in [6.07, 6.45) is 21.9. The Kier molecular flexibility index (Phi) is 24.8. The third kappa shape index (κ3) is 25.0. The summed E-state index contributed by atoms with van der Waals surface area (Å²) in [5.74, 6) is -3.59. The Morgan fingerprint density at radius 1 is 0.983 bits per heavy atom. The number of allylic oxidation sites excluding steroid dienone is 1. The van der Waals surface area contributed by atoms with Gasteiger partial charge >= 0.3 is 16.3 Å². The summed E-state index contributed by atoms with van der Waals surface area (Å²) < 4.78 is 77.5. The molecule has 2 heterocycles. The Labute approximate surface area is 347 Å². The first-order chi connectivity index (χ1) is 27.2. The number of phosphoric acid groups is 1. The van der Waals surface area contributed by atoms with E-state index in [-0.39, 0.29) is 25.4 Å². The second kappa shape index (κ2) is 27.1. The average molecular weight is 875 g/mol. The van der Waals surface area contributed by atoms with E-state index in [9.17, 15) is 32.9 Å². The number of hydrogen-bond acceptors (Lipinski definition) is 14. The number of nitrogens with one attached hydrogen (secondary N) is 1. The van der Waals surface area contributed by atoms with Crippen LogP contribution in [0.15, 0.2) is 12.2 Å². The molecule has 19 heteroatoms. The summed E-state index contributed by atoms with van der Waals surface area (Å²) in [6, 6.07) is -0.848. The van der Waals surface area contributed by atoms with Crippen LogP contribution in [0.3, 0.4) is 0 Å². The quantitative estimate of drug-likeness (QED) is 0.0113. The van der Waals surface area contributed by atoms with E-state index in [0.29, 0.717) is 36.9 Å². The van der Waals surface area contributed by atoms with Crippen LogP contribution in [0, 0.1) is 0 Å². The molecule has 0 saturated carbocycles. The van der Waals surface area contributed by atoms with Crippen molar-refractivity contribution < 1.29 is 75.0 Å². The molecule has 0 aromatic heterocycles. The molecule has 58 heavy (non-hydrogen) atoms. The van der Waals surface area contributed by atoms with Crippen molar-refractivity contribution in [1.29, 1.82) is 0 Å². The Hall–Kier alpha value is -1.09. The van der Waals surface area contributed by atoms with Gasteiger partial charge in [0.1, 0.15) is 25.9 Å². The number of phosphoric ester groups is 1. The monoisotopic (exact) mass is 874 g/mol. The number of carbonyl (C=O) groups is 1. The fourth-order valence-corrected chi connectivity index (χ4v) is 8.46. The average Bonchev–Trinajstić information content (AvgIpc) is 3.42. The molecular formula is C39H75N2O15PS. The Morgan fingerprint density at radius 3 is 2.19 bits per heavy atom. The molecule has 1 unspecified atom stereocenters. The number of esters is 1. The first-order valence-corrected chi connectivity index (χ1v) is 24.1. The van der Waals surface area contributed by atoms with Crippen LogP contribution in [0.5, 0.6) is 0 Å². The second-order valence-corrected chi connectivity index (χ2v) is 19.5. The molecule has 2 aliphatic heterocycles. The molecule has 0 aromatic rings. The SMILES string of the molecule is C[C@](O)(COC(=O)/C=C/CCCCC[C@H]1O[C@]2(CCCCCCCCCCCCCCOC[C@H](CO)NS(=O)(=O)O)CC[C@@H](O)[C@@H]1O2)OP(=O)([O-])OCC[N+](C)(C)C. The molecule has 5 N–H and O–H groups in total. The molecule has 17 nitrogen and oxygen atoms in total. The molecular weight excluding hydrogens is 799 g/mol. The van der Waals surface area contributed by atoms with Gasteiger partial charge in [0.25, 0.3) is 7.82 Å². The van der Waals surface area contributed by atoms with E-state index in [4.69, 9.17) is 33.1 Å². The summed E-state index contributed by atoms with van der Waals surface area (Å²) >= 11 is 0. The van der Waals surface area contributed by atoms with Crippen molar-refractivity contribution in [3.63, 3.8) is 0 Å². The minimum atomic E-state index is -4.81. The highest BCUT2D eigenvalue weighted by Crippen LogP contribution is 2.45. The van der Waals surface area contributed by atoms with Crippen LogP contribution in [0.1, 0.15) is 135 Å². The Morgan fingerprint density at radius 2 is 1.59 bits per heavy atom. The maximum atomic E-state index is 12.1. The zero-order valence-electron chi connectivity index (χ0n) is 35.4. The van der Waals surface area contributed by atoms with Crippen LogP contribution in [0.2, 0.25) is 0 Å². The van der Waals surface area contributed by atoms with Gasteiger partial charge < -0.3 is 48.2 Å². The summed E-state index contributed by atoms with van der Waals surface area (Å²) in [6.45, 7) is 0.724. The van der Waals surface area contributed by atoms with Crippen LogP contribution in [-0.4, -0.2) is 135 Å². The normalized spacial score (nSPS) is 23.8. The van der Waals surface area contributed by atoms with Gasteiger partial charge in [-0.3, -0.25) is 13.6 Å². The molecule has 0 amide bonds. The van der Waals surface area contributed by atoms with E-state index >= 15 is 0 Å². The number of likely N-dealkylation sites (N-methyl/N-ethyl adjacent to an activating group) is 1. The number of rotatable bonds is 35. The maximum absolute atomic E-state index is 12.1. The lowest BCUT2D eigenvalue weighted by Gasteiger charge is -2.33. The highest BCUT2D eigenvalue weighted by Gasteiger charge is 2.52. The molecule has 2 rings (SSSR count). The van der Waals surface area contributed by atoms with Gasteiger partial charge in [-0.05, 0) is 45.4 Å². The lowest BCUT2D eigenvalue weighted by Crippen LogP contribution is -2.41. The van der Waals surface area contributed by atoms with Crippen LogP contribution in [0.25, 0.3) is 0 Å². The lowest BCUT2D eigenvalue weighted by molar-refractivity contribution is -0.870. The summed E-state index contributed by atoms with van der Waals surface area (Å²) in [7, 11) is -3.55. The molecule has 0 radical (unpaired) electrons. The second-order valence-electron chi connectivity index (χ2n) is 17.0. The van der Waals surface area contributed by atoms with Crippen molar-refractivity contribution in [2.24, 2.45) is 0 Å². The first kappa shape index (κ1) is 53.0. The molecule has 0 aromatic carbocycles. The smallest absolute Gasteiger partial charge is 0.333 e. The van der Waals surface area contributed by atoms with Gasteiger partial charge in [-0.2, -0.15) is 13.1 Å². The molecule has 2 saturated heterocycles. The minimum Gasteiger partial charge on any atom is -0.756 e. The van der Waals surface area contributed by atoms with Gasteiger partial charge in [0.2, 0.25) is 5.79 Å². The first-order valence-electron chi connectivity index (χ1n) is 21.2. The van der Waals surface area contributed by atoms with Crippen LogP contribution < -0.4 is 9.62 Å². The minimum absolute atomic E-state index is 0.0147. The predicted octanol–water partition coefficient (Wildman–Crippen LogP) is 4.43. The fourth-order valence-electron chi connectivity index (χ4n) is 7.00. The summed E-state index contributed by atoms with van der Waals surface area (Å²) in [4.78, 5) is 24.1. The Bertz CT molecular complexity index is 1330. The van der Waals surface area contributed by atoms with Crippen molar-refractivity contribution in [1.82, 2.24) is 4.72 Å². The third-order valence-electron chi connectivity index (χ3n) is 10.2. The number of ether oxygens (including phenoxy) is 4. The Balaban J connectivity index is 1.49. The number of nitrogens with zero attached hydrogens (tertiary/aromatic N) is 1. The van der Waals surface area contributed by atoms with E-state index in [0.717, 1.165) is 71.1 Å². The van der Waals surface area contributed by atoms with E-state index in [1.807, 2.05) is 25.9 Å². The number of unbranched alkanes of at least 4 members (excludes halogenated alkanes) is 14. The standard InChI is InChI=1S/C39H75N2O15PS/c1-38(45,56-57(46,47)53-29-27-41(2,3)4)32-52-36(44)23-19-15-13-14-18-22-35-37-34(43)24-26-39(54-35,55-37)25-20-16-11-9-7-5-6-8-10-12-17-21-28-51-31-33(30-42)40-58(48,49)50/h19,23,33-35,37,40,42-43,45H,5-18,20-22,24-32H2,1-4H3,(H-,46,47,48,49,50)/b23-19+/t33-,34+,35+,37-,38+,39-/m0/s1. The van der Waals surface area contributed by atoms with Gasteiger partial charge in [0.05, 0.1) is 52.6 Å². The largest absolute Gasteiger partial charge is 0.756 e. The van der Waals surface area contributed by atoms with Gasteiger partial charge in [-0.15, -0.1) is 0 Å². The molecule has 2 aliphatic rings. The van der Waals surface area contributed by atoms with Crippen molar-refractivity contribution in [3.05, 3.63) is 12.2 Å². The molecule has 342 valence electrons. The highest BCUT2D eigenvalue weighted by molar-refractivity contribution is 7.83. The van der Waals surface area contributed by atoms with Gasteiger partial charge in [0, 0.05) is 25.5 Å². The van der Waals surface area contributed by atoms with Crippen LogP contribution in [0.4, 0.5) is 0 Å². The molecule has 2 bridgehead atoms. The number of quaternary nitrogens is 1. The lowest BCUT2D eigenvalue weighted by atomic mass is 9.94. The topological polar surface area (TPSA) is 240 Å². The molecule has 2 fully saturated rings. The highest BCUT2D eigenvalue weighted by atomic mass is 32.2. The summed E-state index contributed by atoms with van der Waals surface area (Å²) in [5, 5.41) is 30.0. The van der Waals surface area contributed by atoms with Gasteiger partial charge in [-0.25, -0.2) is 4.79 Å².